The van der Waals surface area contributed by atoms with Crippen molar-refractivity contribution in [1.82, 2.24) is 4.98 Å². The quantitative estimate of drug-likeness (QED) is 0.355. The molecule has 0 fully saturated rings. The zero-order chi connectivity index (χ0) is 19.0. The van der Waals surface area contributed by atoms with Crippen molar-refractivity contribution in [3.8, 4) is 0 Å². The highest BCUT2D eigenvalue weighted by atomic mass is 14.6. The van der Waals surface area contributed by atoms with Crippen LogP contribution in [0.2, 0.25) is 0 Å². The zero-order valence-electron chi connectivity index (χ0n) is 15.6. The third-order valence-electron chi connectivity index (χ3n) is 4.59. The third-order valence-corrected chi connectivity index (χ3v) is 4.59. The second-order valence-corrected chi connectivity index (χ2v) is 6.57. The van der Waals surface area contributed by atoms with E-state index in [9.17, 15) is 0 Å². The lowest BCUT2D eigenvalue weighted by molar-refractivity contribution is 1.32. The molecule has 0 bridgehead atoms. The fourth-order valence-corrected chi connectivity index (χ4v) is 3.11. The summed E-state index contributed by atoms with van der Waals surface area (Å²) < 4.78 is 0. The molecule has 0 saturated heterocycles. The normalized spacial score (nSPS) is 10.7. The molecule has 0 amide bonds. The first-order valence-corrected chi connectivity index (χ1v) is 9.39. The Morgan fingerprint density at radius 3 is 1.50 bits per heavy atom. The fourth-order valence-electron chi connectivity index (χ4n) is 3.11. The Kier molecular flexibility index (Phi) is 5.55. The molecule has 0 radical (unpaired) electrons. The van der Waals surface area contributed by atoms with Crippen molar-refractivity contribution in [1.29, 1.82) is 0 Å². The molecule has 4 rings (SSSR count). The second kappa shape index (κ2) is 8.79. The number of hydrogen-bond donors (Lipinski definition) is 0. The minimum absolute atomic E-state index is 1.15. The first-order chi connectivity index (χ1) is 13.9. The van der Waals surface area contributed by atoms with Gasteiger partial charge in [-0.1, -0.05) is 97.1 Å². The molecular weight excluding hydrogens is 338 g/mol. The summed E-state index contributed by atoms with van der Waals surface area (Å²) in [6.45, 7) is 0. The Morgan fingerprint density at radius 2 is 0.964 bits per heavy atom. The Bertz CT molecular complexity index is 1020. The van der Waals surface area contributed by atoms with Gasteiger partial charge in [-0.05, 0) is 51.6 Å². The highest BCUT2D eigenvalue weighted by Gasteiger charge is 2.04. The molecule has 1 heteroatoms. The molecule has 134 valence electrons. The Labute approximate surface area is 166 Å². The molecule has 0 saturated carbocycles. The molecule has 0 atom stereocenters. The summed E-state index contributed by atoms with van der Waals surface area (Å²) >= 11 is 0. The molecule has 3 aromatic carbocycles. The third kappa shape index (κ3) is 4.52. The molecule has 1 heterocycles. The van der Waals surface area contributed by atoms with Crippen LogP contribution in [0.15, 0.2) is 109 Å². The van der Waals surface area contributed by atoms with Crippen molar-refractivity contribution in [3.05, 3.63) is 137 Å². The van der Waals surface area contributed by atoms with E-state index in [-0.39, 0.29) is 0 Å². The fraction of sp³-hybridized carbons (Fsp3) is 0. The molecule has 0 spiro atoms. The lowest BCUT2D eigenvalue weighted by Crippen LogP contribution is -1.88. The first-order valence-electron chi connectivity index (χ1n) is 9.39. The maximum absolute atomic E-state index is 4.05. The van der Waals surface area contributed by atoms with Crippen molar-refractivity contribution in [2.75, 3.05) is 0 Å². The van der Waals surface area contributed by atoms with Crippen LogP contribution in [0.5, 0.6) is 0 Å². The molecule has 0 N–H and O–H groups in total. The number of benzene rings is 3. The van der Waals surface area contributed by atoms with Gasteiger partial charge in [0.05, 0.1) is 0 Å². The number of aromatic nitrogens is 1. The molecule has 0 unspecified atom stereocenters. The predicted molar refractivity (Wildman–Crippen MR) is 119 cm³/mol. The van der Waals surface area contributed by atoms with Gasteiger partial charge in [-0.25, -0.2) is 0 Å². The standard InChI is InChI=1S/C27H21N/c1-3-7-25(8-4-1)27(26-9-5-2-6-10-26)21-24-15-13-22(14-16-24)11-12-23-17-19-28-20-18-23/h1-21H. The molecule has 0 aliphatic carbocycles. The van der Waals surface area contributed by atoms with E-state index in [0.717, 1.165) is 5.56 Å². The molecule has 1 nitrogen and oxygen atoms in total. The van der Waals surface area contributed by atoms with E-state index in [1.807, 2.05) is 24.5 Å². The van der Waals surface area contributed by atoms with Gasteiger partial charge in [-0.3, -0.25) is 4.98 Å². The van der Waals surface area contributed by atoms with Crippen LogP contribution in [0, 0.1) is 0 Å². The highest BCUT2D eigenvalue weighted by Crippen LogP contribution is 2.26. The Hall–Kier alpha value is -3.71. The summed E-state index contributed by atoms with van der Waals surface area (Å²) in [6, 6.07) is 33.7. The van der Waals surface area contributed by atoms with E-state index in [1.165, 1.54) is 27.8 Å². The maximum Gasteiger partial charge on any atom is 0.0273 e. The number of pyridine rings is 1. The van der Waals surface area contributed by atoms with Crippen molar-refractivity contribution in [3.63, 3.8) is 0 Å². The summed E-state index contributed by atoms with van der Waals surface area (Å²) in [5.41, 5.74) is 7.17. The van der Waals surface area contributed by atoms with Crippen LogP contribution in [-0.4, -0.2) is 4.98 Å². The van der Waals surface area contributed by atoms with Crippen molar-refractivity contribution >= 4 is 23.8 Å². The van der Waals surface area contributed by atoms with E-state index < -0.39 is 0 Å². The average Bonchev–Trinajstić information content (AvgIpc) is 2.79. The summed E-state index contributed by atoms with van der Waals surface area (Å²) in [5, 5.41) is 0. The number of hydrogen-bond acceptors (Lipinski definition) is 1. The minimum atomic E-state index is 1.15. The van der Waals surface area contributed by atoms with Gasteiger partial charge < -0.3 is 0 Å². The van der Waals surface area contributed by atoms with Crippen LogP contribution >= 0.6 is 0 Å². The van der Waals surface area contributed by atoms with Crippen LogP contribution in [-0.2, 0) is 0 Å². The van der Waals surface area contributed by atoms with E-state index in [1.54, 1.807) is 0 Å². The Morgan fingerprint density at radius 1 is 0.500 bits per heavy atom. The molecule has 28 heavy (non-hydrogen) atoms. The Balaban J connectivity index is 1.63. The second-order valence-electron chi connectivity index (χ2n) is 6.57. The van der Waals surface area contributed by atoms with Crippen molar-refractivity contribution in [2.45, 2.75) is 0 Å². The van der Waals surface area contributed by atoms with Gasteiger partial charge in [-0.2, -0.15) is 0 Å². The first kappa shape index (κ1) is 17.7. The van der Waals surface area contributed by atoms with Crippen LogP contribution in [0.25, 0.3) is 23.8 Å². The average molecular weight is 359 g/mol. The number of nitrogens with zero attached hydrogens (tertiary/aromatic N) is 1. The molecule has 4 aromatic rings. The van der Waals surface area contributed by atoms with Gasteiger partial charge in [0.25, 0.3) is 0 Å². The van der Waals surface area contributed by atoms with Crippen LogP contribution in [0.4, 0.5) is 0 Å². The van der Waals surface area contributed by atoms with Gasteiger partial charge >= 0.3 is 0 Å². The summed E-state index contributed by atoms with van der Waals surface area (Å²) in [5.74, 6) is 0. The molecule has 0 aliphatic heterocycles. The summed E-state index contributed by atoms with van der Waals surface area (Å²) in [4.78, 5) is 4.05. The lowest BCUT2D eigenvalue weighted by Gasteiger charge is -2.09. The molecule has 0 aliphatic rings. The van der Waals surface area contributed by atoms with Gasteiger partial charge in [0, 0.05) is 12.4 Å². The largest absolute Gasteiger partial charge is 0.265 e. The van der Waals surface area contributed by atoms with Gasteiger partial charge in [0.2, 0.25) is 0 Å². The van der Waals surface area contributed by atoms with Gasteiger partial charge in [0.1, 0.15) is 0 Å². The van der Waals surface area contributed by atoms with Crippen LogP contribution < -0.4 is 0 Å². The van der Waals surface area contributed by atoms with Gasteiger partial charge in [0.15, 0.2) is 0 Å². The maximum atomic E-state index is 4.05. The van der Waals surface area contributed by atoms with Crippen LogP contribution in [0.1, 0.15) is 27.8 Å². The lowest BCUT2D eigenvalue weighted by atomic mass is 9.95. The van der Waals surface area contributed by atoms with Crippen molar-refractivity contribution < 1.29 is 0 Å². The molecule has 1 aromatic heterocycles. The van der Waals surface area contributed by atoms with E-state index in [0.29, 0.717) is 0 Å². The smallest absolute Gasteiger partial charge is 0.0273 e. The summed E-state index contributed by atoms with van der Waals surface area (Å²) in [7, 11) is 0. The zero-order valence-corrected chi connectivity index (χ0v) is 15.6. The SMILES string of the molecule is C(=Cc1ccc(C=C(c2ccccc2)c2ccccc2)cc1)c1ccncc1. The monoisotopic (exact) mass is 359 g/mol. The predicted octanol–water partition coefficient (Wildman–Crippen LogP) is 6.84. The minimum Gasteiger partial charge on any atom is -0.265 e. The van der Waals surface area contributed by atoms with E-state index in [2.05, 4.69) is 108 Å². The summed E-state index contributed by atoms with van der Waals surface area (Å²) in [6.07, 6.45) is 10.1. The topological polar surface area (TPSA) is 12.9 Å². The number of rotatable bonds is 5. The van der Waals surface area contributed by atoms with E-state index in [4.69, 9.17) is 0 Å². The van der Waals surface area contributed by atoms with Crippen LogP contribution in [0.3, 0.4) is 0 Å². The van der Waals surface area contributed by atoms with Gasteiger partial charge in [-0.15, -0.1) is 0 Å². The highest BCUT2D eigenvalue weighted by molar-refractivity contribution is 5.91. The van der Waals surface area contributed by atoms with Crippen molar-refractivity contribution in [2.24, 2.45) is 0 Å². The molecular formula is C27H21N. The van der Waals surface area contributed by atoms with E-state index >= 15 is 0 Å².